The molecule has 0 bridgehead atoms. The van der Waals surface area contributed by atoms with Crippen molar-refractivity contribution in [3.63, 3.8) is 0 Å². The highest BCUT2D eigenvalue weighted by Crippen LogP contribution is 2.20. The Hall–Kier alpha value is -0.860. The second-order valence-electron chi connectivity index (χ2n) is 4.19. The van der Waals surface area contributed by atoms with Crippen molar-refractivity contribution in [3.8, 4) is 0 Å². The van der Waals surface area contributed by atoms with Gasteiger partial charge in [-0.3, -0.25) is 9.69 Å². The zero-order valence-electron chi connectivity index (χ0n) is 9.23. The van der Waals surface area contributed by atoms with Crippen molar-refractivity contribution in [1.82, 2.24) is 4.90 Å². The predicted molar refractivity (Wildman–Crippen MR) is 65.8 cm³/mol. The number of benzene rings is 1. The maximum atomic E-state index is 12.0. The Morgan fingerprint density at radius 2 is 2.06 bits per heavy atom. The van der Waals surface area contributed by atoms with E-state index < -0.39 is 0 Å². The number of ketones is 1. The molecule has 1 heterocycles. The van der Waals surface area contributed by atoms with E-state index in [4.69, 9.17) is 11.6 Å². The van der Waals surface area contributed by atoms with Gasteiger partial charge in [0.1, 0.15) is 0 Å². The molecule has 1 aliphatic rings. The fourth-order valence-electron chi connectivity index (χ4n) is 2.03. The first-order chi connectivity index (χ1) is 7.77. The predicted octanol–water partition coefficient (Wildman–Crippen LogP) is 2.92. The minimum atomic E-state index is 0.0291. The van der Waals surface area contributed by atoms with Gasteiger partial charge in [0.2, 0.25) is 0 Å². The van der Waals surface area contributed by atoms with Crippen LogP contribution < -0.4 is 0 Å². The lowest BCUT2D eigenvalue weighted by Gasteiger charge is -2.30. The highest BCUT2D eigenvalue weighted by Gasteiger charge is 2.22. The first-order valence-electron chi connectivity index (χ1n) is 5.74. The molecule has 2 nitrogen and oxygen atoms in total. The standard InChI is InChI=1S/C13H16ClNO/c14-13-8-4-5-9-15(13)10-12(16)11-6-2-1-3-7-11/h1-3,6-7,13H,4-5,8-10H2/t13-/m0/s1. The van der Waals surface area contributed by atoms with Crippen LogP contribution in [0.1, 0.15) is 29.6 Å². The third kappa shape index (κ3) is 2.83. The fourth-order valence-corrected chi connectivity index (χ4v) is 2.35. The number of likely N-dealkylation sites (tertiary alicyclic amines) is 1. The van der Waals surface area contributed by atoms with E-state index >= 15 is 0 Å². The Morgan fingerprint density at radius 1 is 1.31 bits per heavy atom. The molecule has 2 rings (SSSR count). The van der Waals surface area contributed by atoms with Gasteiger partial charge < -0.3 is 0 Å². The number of carbonyl (C=O) groups is 1. The van der Waals surface area contributed by atoms with Crippen LogP contribution in [-0.4, -0.2) is 29.3 Å². The molecule has 86 valence electrons. The lowest BCUT2D eigenvalue weighted by atomic mass is 10.1. The molecule has 1 aromatic rings. The topological polar surface area (TPSA) is 20.3 Å². The first kappa shape index (κ1) is 11.6. The van der Waals surface area contributed by atoms with Gasteiger partial charge in [0.15, 0.2) is 5.78 Å². The zero-order chi connectivity index (χ0) is 11.4. The van der Waals surface area contributed by atoms with E-state index in [-0.39, 0.29) is 11.3 Å². The van der Waals surface area contributed by atoms with Gasteiger partial charge in [-0.25, -0.2) is 0 Å². The Balaban J connectivity index is 1.96. The molecule has 1 fully saturated rings. The second-order valence-corrected chi connectivity index (χ2v) is 4.69. The van der Waals surface area contributed by atoms with E-state index in [0.29, 0.717) is 6.54 Å². The monoisotopic (exact) mass is 237 g/mol. The van der Waals surface area contributed by atoms with Gasteiger partial charge >= 0.3 is 0 Å². The number of hydrogen-bond donors (Lipinski definition) is 0. The molecule has 1 aliphatic heterocycles. The van der Waals surface area contributed by atoms with E-state index in [0.717, 1.165) is 24.9 Å². The molecular formula is C13H16ClNO. The van der Waals surface area contributed by atoms with Crippen molar-refractivity contribution < 1.29 is 4.79 Å². The van der Waals surface area contributed by atoms with Crippen LogP contribution in [0.15, 0.2) is 30.3 Å². The number of alkyl halides is 1. The Morgan fingerprint density at radius 3 is 2.75 bits per heavy atom. The van der Waals surface area contributed by atoms with Crippen molar-refractivity contribution in [1.29, 1.82) is 0 Å². The number of rotatable bonds is 3. The second kappa shape index (κ2) is 5.46. The quantitative estimate of drug-likeness (QED) is 0.458. The van der Waals surface area contributed by atoms with Gasteiger partial charge in [-0.05, 0) is 19.3 Å². The molecule has 0 unspecified atom stereocenters. The van der Waals surface area contributed by atoms with E-state index in [1.807, 2.05) is 30.3 Å². The van der Waals surface area contributed by atoms with Crippen molar-refractivity contribution >= 4 is 17.4 Å². The minimum absolute atomic E-state index is 0.0291. The molecule has 0 saturated carbocycles. The van der Waals surface area contributed by atoms with Crippen molar-refractivity contribution in [2.45, 2.75) is 24.8 Å². The summed E-state index contributed by atoms with van der Waals surface area (Å²) in [5.74, 6) is 0.160. The minimum Gasteiger partial charge on any atom is -0.293 e. The van der Waals surface area contributed by atoms with Gasteiger partial charge in [0, 0.05) is 12.1 Å². The molecule has 0 aliphatic carbocycles. The number of carbonyl (C=O) groups excluding carboxylic acids is 1. The Labute approximate surface area is 101 Å². The molecule has 0 aromatic heterocycles. The summed E-state index contributed by atoms with van der Waals surface area (Å²) in [5, 5.41) is 0. The Bertz CT molecular complexity index is 352. The average molecular weight is 238 g/mol. The summed E-state index contributed by atoms with van der Waals surface area (Å²) in [7, 11) is 0. The molecule has 0 radical (unpaired) electrons. The van der Waals surface area contributed by atoms with Gasteiger partial charge in [-0.2, -0.15) is 0 Å². The molecule has 1 aromatic carbocycles. The van der Waals surface area contributed by atoms with E-state index in [1.54, 1.807) is 0 Å². The molecule has 0 N–H and O–H groups in total. The third-order valence-electron chi connectivity index (χ3n) is 2.98. The molecule has 0 amide bonds. The maximum Gasteiger partial charge on any atom is 0.176 e. The smallest absolute Gasteiger partial charge is 0.176 e. The van der Waals surface area contributed by atoms with Crippen molar-refractivity contribution in [3.05, 3.63) is 35.9 Å². The van der Waals surface area contributed by atoms with Gasteiger partial charge in [-0.1, -0.05) is 30.3 Å². The number of halogens is 1. The summed E-state index contributed by atoms with van der Waals surface area (Å²) in [6.45, 7) is 1.38. The fraction of sp³-hybridized carbons (Fsp3) is 0.462. The van der Waals surface area contributed by atoms with Crippen molar-refractivity contribution in [2.24, 2.45) is 0 Å². The Kier molecular flexibility index (Phi) is 3.97. The van der Waals surface area contributed by atoms with Crippen LogP contribution in [0.5, 0.6) is 0 Å². The number of hydrogen-bond acceptors (Lipinski definition) is 2. The molecule has 0 spiro atoms. The van der Waals surface area contributed by atoms with Crippen LogP contribution in [0.3, 0.4) is 0 Å². The highest BCUT2D eigenvalue weighted by atomic mass is 35.5. The summed E-state index contributed by atoms with van der Waals surface area (Å²) >= 11 is 6.19. The lowest BCUT2D eigenvalue weighted by Crippen LogP contribution is -2.39. The van der Waals surface area contributed by atoms with E-state index in [1.165, 1.54) is 6.42 Å². The molecule has 3 heteroatoms. The molecule has 1 saturated heterocycles. The van der Waals surface area contributed by atoms with Crippen LogP contribution in [0, 0.1) is 0 Å². The third-order valence-corrected chi connectivity index (χ3v) is 3.47. The van der Waals surface area contributed by atoms with E-state index in [2.05, 4.69) is 4.90 Å². The summed E-state index contributed by atoms with van der Waals surface area (Å²) < 4.78 is 0. The van der Waals surface area contributed by atoms with Gasteiger partial charge in [-0.15, -0.1) is 11.6 Å². The summed E-state index contributed by atoms with van der Waals surface area (Å²) in [6.07, 6.45) is 3.30. The van der Waals surface area contributed by atoms with Crippen LogP contribution in [0.4, 0.5) is 0 Å². The highest BCUT2D eigenvalue weighted by molar-refractivity contribution is 6.20. The molecule has 16 heavy (non-hydrogen) atoms. The summed E-state index contributed by atoms with van der Waals surface area (Å²) in [6, 6.07) is 9.41. The zero-order valence-corrected chi connectivity index (χ0v) is 9.99. The SMILES string of the molecule is O=C(CN1CCCC[C@H]1Cl)c1ccccc1. The van der Waals surface area contributed by atoms with Crippen LogP contribution in [0.2, 0.25) is 0 Å². The number of nitrogens with zero attached hydrogens (tertiary/aromatic N) is 1. The first-order valence-corrected chi connectivity index (χ1v) is 6.17. The number of Topliss-reactive ketones (excluding diaryl/α,β-unsaturated/α-hetero) is 1. The van der Waals surface area contributed by atoms with Crippen molar-refractivity contribution in [2.75, 3.05) is 13.1 Å². The normalized spacial score (nSPS) is 21.9. The number of piperidine rings is 1. The largest absolute Gasteiger partial charge is 0.293 e. The summed E-state index contributed by atoms with van der Waals surface area (Å²) in [4.78, 5) is 14.0. The van der Waals surface area contributed by atoms with E-state index in [9.17, 15) is 4.79 Å². The van der Waals surface area contributed by atoms with Crippen LogP contribution in [0.25, 0.3) is 0 Å². The molecule has 1 atom stereocenters. The molecular weight excluding hydrogens is 222 g/mol. The lowest BCUT2D eigenvalue weighted by molar-refractivity contribution is 0.0898. The average Bonchev–Trinajstić information content (AvgIpc) is 2.33. The summed E-state index contributed by atoms with van der Waals surface area (Å²) in [5.41, 5.74) is 0.804. The van der Waals surface area contributed by atoms with Crippen LogP contribution >= 0.6 is 11.6 Å². The van der Waals surface area contributed by atoms with Gasteiger partial charge in [0.25, 0.3) is 0 Å². The maximum absolute atomic E-state index is 12.0. The van der Waals surface area contributed by atoms with Crippen LogP contribution in [-0.2, 0) is 0 Å². The van der Waals surface area contributed by atoms with Gasteiger partial charge in [0.05, 0.1) is 12.0 Å².